The van der Waals surface area contributed by atoms with Gasteiger partial charge in [0, 0.05) is 0 Å². The van der Waals surface area contributed by atoms with Crippen LogP contribution < -0.4 is 5.73 Å². The molecule has 1 heterocycles. The number of anilines is 1. The van der Waals surface area contributed by atoms with Gasteiger partial charge in [-0.25, -0.2) is 5.10 Å². The fourth-order valence-corrected chi connectivity index (χ4v) is 0.196. The third kappa shape index (κ3) is 3.20. The quantitative estimate of drug-likeness (QED) is 0.533. The van der Waals surface area contributed by atoms with Gasteiger partial charge in [0.25, 0.3) is 0 Å². The van der Waals surface area contributed by atoms with Crippen LogP contribution in [0.1, 0.15) is 0 Å². The second kappa shape index (κ2) is 5.30. The molecule has 0 radical (unpaired) electrons. The predicted octanol–water partition coefficient (Wildman–Crippen LogP) is 0.0158. The summed E-state index contributed by atoms with van der Waals surface area (Å²) in [5.41, 5.74) is 4.99. The molecule has 0 aromatic carbocycles. The van der Waals surface area contributed by atoms with Crippen molar-refractivity contribution in [1.29, 1.82) is 0 Å². The number of hydrogen-bond acceptors (Lipinski definition) is 4. The molecule has 2 N–H and O–H groups in total. The Balaban J connectivity index is 0.000000222. The van der Waals surface area contributed by atoms with Crippen molar-refractivity contribution in [2.45, 2.75) is 0 Å². The molecule has 50 valence electrons. The molecular weight excluding hydrogens is 268 g/mol. The summed E-state index contributed by atoms with van der Waals surface area (Å²) >= 11 is 5.51. The van der Waals surface area contributed by atoms with E-state index in [9.17, 15) is 0 Å². The summed E-state index contributed by atoms with van der Waals surface area (Å²) in [6.07, 6.45) is 1.30. The molecule has 0 aliphatic heterocycles. The van der Waals surface area contributed by atoms with Crippen LogP contribution in [0.5, 0.6) is 0 Å². The molecular formula is C2H3AgBrN4-. The van der Waals surface area contributed by atoms with E-state index >= 15 is 0 Å². The second-order valence-corrected chi connectivity index (χ2v) is 0.818. The van der Waals surface area contributed by atoms with Gasteiger partial charge in [-0.2, -0.15) is 0 Å². The molecule has 0 fully saturated rings. The number of halogens is 1. The average Bonchev–Trinajstić information content (AvgIpc) is 2.24. The summed E-state index contributed by atoms with van der Waals surface area (Å²) in [6, 6.07) is 0. The van der Waals surface area contributed by atoms with Gasteiger partial charge in [-0.1, -0.05) is 0 Å². The first kappa shape index (κ1) is 8.16. The van der Waals surface area contributed by atoms with Gasteiger partial charge in [-0.3, -0.25) is 5.10 Å². The zero-order valence-electron chi connectivity index (χ0n) is 3.68. The molecule has 1 aromatic heterocycles. The molecule has 0 spiro atoms. The van der Waals surface area contributed by atoms with E-state index in [1.54, 1.807) is 0 Å². The Labute approximate surface area is 65.1 Å². The standard InChI is InChI=1S/C2H3N4.Ag.BrH/c3-2-4-1-5-6-2;;/h1H,3H2;;1H/q-1;+1;/p-1. The molecule has 6 heteroatoms. The van der Waals surface area contributed by atoms with E-state index in [1.165, 1.54) is 6.33 Å². The Bertz CT molecular complexity index is 118. The summed E-state index contributed by atoms with van der Waals surface area (Å²) in [5.74, 6) is 0.231. The Morgan fingerprint density at radius 3 is 2.38 bits per heavy atom. The minimum absolute atomic E-state index is 0.231. The van der Waals surface area contributed by atoms with E-state index in [-0.39, 0.29) is 5.95 Å². The van der Waals surface area contributed by atoms with E-state index in [0.717, 1.165) is 0 Å². The first-order chi connectivity index (χ1) is 3.89. The number of rotatable bonds is 0. The van der Waals surface area contributed by atoms with Gasteiger partial charge in [0.2, 0.25) is 0 Å². The molecule has 0 aliphatic carbocycles. The third-order valence-corrected chi connectivity index (χ3v) is 0.402. The van der Waals surface area contributed by atoms with Crippen LogP contribution in [0.2, 0.25) is 0 Å². The molecule has 1 rings (SSSR count). The van der Waals surface area contributed by atoms with E-state index in [1.807, 2.05) is 0 Å². The average molecular weight is 271 g/mol. The van der Waals surface area contributed by atoms with Gasteiger partial charge < -0.3 is 10.7 Å². The summed E-state index contributed by atoms with van der Waals surface area (Å²) in [5, 5.41) is 6.67. The summed E-state index contributed by atoms with van der Waals surface area (Å²) in [6.45, 7) is 0. The molecule has 0 amide bonds. The molecule has 0 atom stereocenters. The monoisotopic (exact) mass is 269 g/mol. The topological polar surface area (TPSA) is 64.7 Å². The van der Waals surface area contributed by atoms with Crippen LogP contribution in [0.25, 0.3) is 0 Å². The van der Waals surface area contributed by atoms with Crippen LogP contribution in [0.3, 0.4) is 0 Å². The summed E-state index contributed by atoms with van der Waals surface area (Å²) in [4.78, 5) is 3.47. The molecule has 0 unspecified atom stereocenters. The number of nitrogens with two attached hydrogens (primary N) is 1. The molecule has 8 heavy (non-hydrogen) atoms. The van der Waals surface area contributed by atoms with Crippen LogP contribution in [0.4, 0.5) is 5.95 Å². The molecule has 0 saturated carbocycles. The van der Waals surface area contributed by atoms with Gasteiger partial charge >= 0.3 is 32.0 Å². The van der Waals surface area contributed by atoms with Crippen LogP contribution >= 0.6 is 13.0 Å². The Kier molecular flexibility index (Phi) is 5.41. The first-order valence-corrected chi connectivity index (χ1v) is 4.96. The second-order valence-electron chi connectivity index (χ2n) is 0.818. The first-order valence-electron chi connectivity index (χ1n) is 1.57. The van der Waals surface area contributed by atoms with Crippen molar-refractivity contribution < 1.29 is 18.9 Å². The van der Waals surface area contributed by atoms with E-state index in [2.05, 4.69) is 47.1 Å². The van der Waals surface area contributed by atoms with Gasteiger partial charge in [0.1, 0.15) is 0 Å². The maximum absolute atomic E-state index is 4.99. The summed E-state index contributed by atoms with van der Waals surface area (Å²) in [7, 11) is 0. The van der Waals surface area contributed by atoms with E-state index in [0.29, 0.717) is 0 Å². The zero-order chi connectivity index (χ0) is 6.41. The van der Waals surface area contributed by atoms with Gasteiger partial charge in [0.15, 0.2) is 0 Å². The molecule has 0 saturated heterocycles. The minimum atomic E-state index is 0.231. The van der Waals surface area contributed by atoms with Crippen molar-refractivity contribution in [1.82, 2.24) is 15.2 Å². The maximum atomic E-state index is 4.99. The SMILES string of the molecule is N[c-]1ncnn1.[Br][Ag]. The molecule has 4 nitrogen and oxygen atoms in total. The van der Waals surface area contributed by atoms with Crippen molar-refractivity contribution in [3.05, 3.63) is 6.33 Å². The van der Waals surface area contributed by atoms with Gasteiger partial charge in [0.05, 0.1) is 5.95 Å². The third-order valence-electron chi connectivity index (χ3n) is 0.402. The number of aromatic nitrogens is 3. The van der Waals surface area contributed by atoms with Crippen LogP contribution in [0.15, 0.2) is 6.33 Å². The normalized spacial score (nSPS) is 7.38. The molecule has 1 aromatic rings. The van der Waals surface area contributed by atoms with Crippen molar-refractivity contribution in [2.24, 2.45) is 0 Å². The van der Waals surface area contributed by atoms with Gasteiger partial charge in [-0.05, 0) is 6.33 Å². The molecule has 0 bridgehead atoms. The number of nitrogen functional groups attached to an aromatic ring is 1. The van der Waals surface area contributed by atoms with Crippen LogP contribution in [-0.4, -0.2) is 15.2 Å². The van der Waals surface area contributed by atoms with Gasteiger partial charge in [-0.15, -0.1) is 0 Å². The predicted molar refractivity (Wildman–Crippen MR) is 28.8 cm³/mol. The van der Waals surface area contributed by atoms with Crippen molar-refractivity contribution in [3.63, 3.8) is 0 Å². The van der Waals surface area contributed by atoms with Crippen LogP contribution in [0, 0.1) is 0 Å². The van der Waals surface area contributed by atoms with Crippen molar-refractivity contribution in [2.75, 3.05) is 5.73 Å². The van der Waals surface area contributed by atoms with E-state index in [4.69, 9.17) is 5.73 Å². The fourth-order valence-electron chi connectivity index (χ4n) is 0.196. The number of nitrogens with zero attached hydrogens (tertiary/aromatic N) is 3. The Hall–Kier alpha value is 0.160. The fraction of sp³-hybridized carbons (Fsp3) is 0. The van der Waals surface area contributed by atoms with Crippen LogP contribution in [-0.2, 0) is 18.9 Å². The molecule has 0 aliphatic rings. The van der Waals surface area contributed by atoms with E-state index < -0.39 is 0 Å². The Morgan fingerprint density at radius 2 is 2.25 bits per heavy atom. The Morgan fingerprint density at radius 1 is 1.62 bits per heavy atom. The van der Waals surface area contributed by atoms with Crippen molar-refractivity contribution >= 4 is 19.0 Å². The summed E-state index contributed by atoms with van der Waals surface area (Å²) < 4.78 is 0. The zero-order valence-corrected chi connectivity index (χ0v) is 6.74. The van der Waals surface area contributed by atoms with Crippen molar-refractivity contribution in [3.8, 4) is 0 Å². The number of hydrogen-bond donors (Lipinski definition) is 1.